The predicted octanol–water partition coefficient (Wildman–Crippen LogP) is -0.458. The lowest BCUT2D eigenvalue weighted by atomic mass is 10.1. The first-order chi connectivity index (χ1) is 13.0. The summed E-state index contributed by atoms with van der Waals surface area (Å²) in [7, 11) is -4.85. The summed E-state index contributed by atoms with van der Waals surface area (Å²) in [4.78, 5) is 52.0. The van der Waals surface area contributed by atoms with E-state index < -0.39 is 56.9 Å². The number of hydrogen-bond acceptors (Lipinski definition) is 8. The Morgan fingerprint density at radius 3 is 2.32 bits per heavy atom. The standard InChI is InChI=1S/C15H18NO11P/c1-8(17)25-12-11(7-24-28(21,22)23)27-14(13(12)26-9(2)18)16-5-3-4-10(6-16)15(19)20/h3-6,11-14H,7H2,1-2H3,(H2-,19,20,21,22,23)/p+1/t11-,12-,13-,14-/m1/s1. The summed E-state index contributed by atoms with van der Waals surface area (Å²) in [5.74, 6) is -2.70. The number of carboxylic acids is 1. The summed E-state index contributed by atoms with van der Waals surface area (Å²) >= 11 is 0. The third-order valence-corrected chi connectivity index (χ3v) is 4.14. The van der Waals surface area contributed by atoms with Crippen molar-refractivity contribution in [3.05, 3.63) is 30.1 Å². The summed E-state index contributed by atoms with van der Waals surface area (Å²) in [5, 5.41) is 9.14. The van der Waals surface area contributed by atoms with E-state index in [9.17, 15) is 18.9 Å². The predicted molar refractivity (Wildman–Crippen MR) is 86.6 cm³/mol. The van der Waals surface area contributed by atoms with Crippen molar-refractivity contribution in [1.82, 2.24) is 0 Å². The highest BCUT2D eigenvalue weighted by Gasteiger charge is 2.54. The van der Waals surface area contributed by atoms with E-state index in [1.165, 1.54) is 29.1 Å². The van der Waals surface area contributed by atoms with Crippen LogP contribution in [0.3, 0.4) is 0 Å². The van der Waals surface area contributed by atoms with Crippen LogP contribution in [0.1, 0.15) is 30.4 Å². The fourth-order valence-electron chi connectivity index (χ4n) is 2.68. The van der Waals surface area contributed by atoms with Gasteiger partial charge in [0, 0.05) is 19.9 Å². The maximum absolute atomic E-state index is 11.5. The van der Waals surface area contributed by atoms with Crippen LogP contribution in [0.2, 0.25) is 0 Å². The minimum atomic E-state index is -4.85. The Bertz CT molecular complexity index is 807. The van der Waals surface area contributed by atoms with Gasteiger partial charge in [0.2, 0.25) is 6.10 Å². The van der Waals surface area contributed by atoms with Gasteiger partial charge >= 0.3 is 32.0 Å². The van der Waals surface area contributed by atoms with Crippen molar-refractivity contribution in [1.29, 1.82) is 0 Å². The molecule has 1 saturated heterocycles. The number of nitrogens with zero attached hydrogens (tertiary/aromatic N) is 1. The van der Waals surface area contributed by atoms with Crippen LogP contribution >= 0.6 is 7.82 Å². The number of phosphoric acid groups is 1. The van der Waals surface area contributed by atoms with Gasteiger partial charge in [0.25, 0.3) is 0 Å². The smallest absolute Gasteiger partial charge is 0.469 e. The van der Waals surface area contributed by atoms with Gasteiger partial charge in [-0.3, -0.25) is 14.1 Å². The van der Waals surface area contributed by atoms with Crippen LogP contribution in [0.25, 0.3) is 0 Å². The second-order valence-corrected chi connectivity index (χ2v) is 7.08. The molecule has 0 aliphatic carbocycles. The Morgan fingerprint density at radius 1 is 1.18 bits per heavy atom. The van der Waals surface area contributed by atoms with Gasteiger partial charge in [0.1, 0.15) is 11.7 Å². The van der Waals surface area contributed by atoms with Crippen molar-refractivity contribution >= 4 is 25.7 Å². The topological polar surface area (TPSA) is 170 Å². The number of rotatable bonds is 7. The molecule has 4 atom stereocenters. The summed E-state index contributed by atoms with van der Waals surface area (Å²) in [5.41, 5.74) is -0.0911. The fourth-order valence-corrected chi connectivity index (χ4v) is 3.02. The summed E-state index contributed by atoms with van der Waals surface area (Å²) in [6.45, 7) is 1.53. The SMILES string of the molecule is CC(=O)O[C@@H]1[C@H](OC(C)=O)[C@@H](COP(=O)(O)O)O[C@H]1[n+]1cccc(C(=O)O)c1. The largest absolute Gasteiger partial charge is 0.477 e. The third kappa shape index (κ3) is 5.81. The molecule has 0 amide bonds. The zero-order chi connectivity index (χ0) is 21.1. The molecule has 1 aromatic rings. The molecule has 0 aromatic carbocycles. The molecule has 3 N–H and O–H groups in total. The number of aromatic nitrogens is 1. The molecule has 28 heavy (non-hydrogen) atoms. The van der Waals surface area contributed by atoms with Gasteiger partial charge in [-0.15, -0.1) is 0 Å². The van der Waals surface area contributed by atoms with Crippen LogP contribution in [0.4, 0.5) is 0 Å². The molecule has 2 rings (SSSR count). The minimum absolute atomic E-state index is 0.0911. The van der Waals surface area contributed by atoms with Gasteiger partial charge in [0.05, 0.1) is 6.61 Å². The fraction of sp³-hybridized carbons (Fsp3) is 0.467. The Kier molecular flexibility index (Phi) is 6.86. The highest BCUT2D eigenvalue weighted by Crippen LogP contribution is 2.38. The Labute approximate surface area is 158 Å². The number of carbonyl (C=O) groups is 3. The van der Waals surface area contributed by atoms with Crippen molar-refractivity contribution in [3.8, 4) is 0 Å². The number of pyridine rings is 1. The van der Waals surface area contributed by atoms with Crippen LogP contribution in [0.5, 0.6) is 0 Å². The van der Waals surface area contributed by atoms with Crippen LogP contribution in [-0.4, -0.2) is 57.7 Å². The minimum Gasteiger partial charge on any atom is -0.477 e. The number of aromatic carboxylic acids is 1. The zero-order valence-electron chi connectivity index (χ0n) is 14.8. The van der Waals surface area contributed by atoms with Gasteiger partial charge in [0.15, 0.2) is 18.5 Å². The average Bonchev–Trinajstić information content (AvgIpc) is 2.89. The van der Waals surface area contributed by atoms with Crippen LogP contribution in [0, 0.1) is 0 Å². The second kappa shape index (κ2) is 8.76. The lowest BCUT2D eigenvalue weighted by Gasteiger charge is -2.21. The maximum atomic E-state index is 11.5. The van der Waals surface area contributed by atoms with E-state index in [0.717, 1.165) is 13.8 Å². The van der Waals surface area contributed by atoms with E-state index in [4.69, 9.17) is 29.1 Å². The quantitative estimate of drug-likeness (QED) is 0.296. The number of esters is 2. The molecule has 0 bridgehead atoms. The van der Waals surface area contributed by atoms with Crippen molar-refractivity contribution in [2.45, 2.75) is 38.4 Å². The van der Waals surface area contributed by atoms with Crippen molar-refractivity contribution < 1.29 is 57.1 Å². The van der Waals surface area contributed by atoms with E-state index in [1.54, 1.807) is 0 Å². The van der Waals surface area contributed by atoms with E-state index in [-0.39, 0.29) is 5.56 Å². The Hall–Kier alpha value is -2.37. The molecule has 13 heteroatoms. The Balaban J connectivity index is 2.39. The second-order valence-electron chi connectivity index (χ2n) is 5.84. The van der Waals surface area contributed by atoms with E-state index in [1.807, 2.05) is 0 Å². The number of hydrogen-bond donors (Lipinski definition) is 3. The highest BCUT2D eigenvalue weighted by atomic mass is 31.2. The number of phosphoric ester groups is 1. The van der Waals surface area contributed by atoms with Crippen LogP contribution in [0.15, 0.2) is 24.5 Å². The summed E-state index contributed by atoms with van der Waals surface area (Å²) in [6.07, 6.45) is -2.17. The lowest BCUT2D eigenvalue weighted by molar-refractivity contribution is -0.765. The zero-order valence-corrected chi connectivity index (χ0v) is 15.7. The molecule has 1 fully saturated rings. The summed E-state index contributed by atoms with van der Waals surface area (Å²) in [6, 6.07) is 2.74. The number of ether oxygens (including phenoxy) is 3. The van der Waals surface area contributed by atoms with Gasteiger partial charge in [-0.2, -0.15) is 4.57 Å². The molecule has 1 aromatic heterocycles. The maximum Gasteiger partial charge on any atom is 0.469 e. The van der Waals surface area contributed by atoms with Crippen molar-refractivity contribution in [2.24, 2.45) is 0 Å². The summed E-state index contributed by atoms with van der Waals surface area (Å²) < 4.78 is 32.7. The monoisotopic (exact) mass is 420 g/mol. The normalized spacial score (nSPS) is 24.6. The molecule has 0 saturated carbocycles. The lowest BCUT2D eigenvalue weighted by Crippen LogP contribution is -2.48. The van der Waals surface area contributed by atoms with Gasteiger partial charge < -0.3 is 29.1 Å². The van der Waals surface area contributed by atoms with Crippen molar-refractivity contribution in [2.75, 3.05) is 6.61 Å². The molecular weight excluding hydrogens is 401 g/mol. The molecule has 1 aliphatic rings. The molecular formula is C15H19NO11P+. The number of carbonyl (C=O) groups excluding carboxylic acids is 2. The molecule has 154 valence electrons. The van der Waals surface area contributed by atoms with Crippen LogP contribution in [-0.2, 0) is 32.9 Å². The van der Waals surface area contributed by atoms with Crippen molar-refractivity contribution in [3.63, 3.8) is 0 Å². The third-order valence-electron chi connectivity index (χ3n) is 3.66. The molecule has 0 radical (unpaired) electrons. The highest BCUT2D eigenvalue weighted by molar-refractivity contribution is 7.46. The molecule has 1 aliphatic heterocycles. The number of carboxylic acid groups (broad SMARTS) is 1. The van der Waals surface area contributed by atoms with Gasteiger partial charge in [-0.05, 0) is 6.07 Å². The Morgan fingerprint density at radius 2 is 1.79 bits per heavy atom. The van der Waals surface area contributed by atoms with E-state index >= 15 is 0 Å². The van der Waals surface area contributed by atoms with E-state index in [2.05, 4.69) is 4.52 Å². The van der Waals surface area contributed by atoms with E-state index in [0.29, 0.717) is 0 Å². The van der Waals surface area contributed by atoms with Gasteiger partial charge in [-0.1, -0.05) is 0 Å². The van der Waals surface area contributed by atoms with Gasteiger partial charge in [-0.25, -0.2) is 9.36 Å². The molecule has 0 unspecified atom stereocenters. The first kappa shape index (κ1) is 21.9. The van der Waals surface area contributed by atoms with Crippen LogP contribution < -0.4 is 4.57 Å². The molecule has 0 spiro atoms. The molecule has 2 heterocycles. The average molecular weight is 420 g/mol. The molecule has 12 nitrogen and oxygen atoms in total. The first-order valence-corrected chi connectivity index (χ1v) is 9.45. The first-order valence-electron chi connectivity index (χ1n) is 7.92.